The van der Waals surface area contributed by atoms with Crippen LogP contribution < -0.4 is 10.5 Å². The topological polar surface area (TPSA) is 125 Å². The Morgan fingerprint density at radius 3 is 2.77 bits per heavy atom. The van der Waals surface area contributed by atoms with Gasteiger partial charge >= 0.3 is 0 Å². The number of benzene rings is 1. The first-order valence-electron chi connectivity index (χ1n) is 7.94. The first kappa shape index (κ1) is 20.8. The summed E-state index contributed by atoms with van der Waals surface area (Å²) in [5, 5.41) is 34.8. The number of nitrogens with two attached hydrogens (primary N) is 1. The summed E-state index contributed by atoms with van der Waals surface area (Å²) in [6.07, 6.45) is 1.64. The molecule has 0 unspecified atom stereocenters. The van der Waals surface area contributed by atoms with Crippen molar-refractivity contribution in [2.45, 2.75) is 25.9 Å². The zero-order chi connectivity index (χ0) is 18.8. The average Bonchev–Trinajstić information content (AvgIpc) is 3.08. The predicted molar refractivity (Wildman–Crippen MR) is 110 cm³/mol. The van der Waals surface area contributed by atoms with E-state index in [0.717, 1.165) is 46.0 Å². The van der Waals surface area contributed by atoms with E-state index in [1.807, 2.05) is 18.2 Å². The largest absolute Gasteiger partial charge is 0.392 e. The molecule has 1 heterocycles. The Morgan fingerprint density at radius 1 is 1.27 bits per heavy atom. The van der Waals surface area contributed by atoms with Gasteiger partial charge in [-0.25, -0.2) is 0 Å². The van der Waals surface area contributed by atoms with Gasteiger partial charge in [-0.15, -0.1) is 10.2 Å². The Balaban J connectivity index is 1.75. The number of carbonyl (C=O) groups is 1. The summed E-state index contributed by atoms with van der Waals surface area (Å²) < 4.78 is 0. The number of aromatic nitrogens is 2. The number of aryl methyl sites for hydroxylation is 1. The fraction of sp³-hybridized carbons (Fsp3) is 0.375. The van der Waals surface area contributed by atoms with E-state index in [1.54, 1.807) is 17.8 Å². The van der Waals surface area contributed by atoms with Crippen molar-refractivity contribution in [3.05, 3.63) is 40.4 Å². The van der Waals surface area contributed by atoms with Crippen LogP contribution in [-0.4, -0.2) is 37.8 Å². The van der Waals surface area contributed by atoms with Crippen molar-refractivity contribution in [1.29, 1.82) is 5.41 Å². The number of hydrogen-bond acceptors (Lipinski definition) is 9. The van der Waals surface area contributed by atoms with Gasteiger partial charge in [0, 0.05) is 12.8 Å². The van der Waals surface area contributed by atoms with Crippen molar-refractivity contribution in [2.75, 3.05) is 16.8 Å². The molecular formula is C16H21N5O2S3. The maximum Gasteiger partial charge on any atom is 0.230 e. The molecule has 0 atom stereocenters. The Labute approximate surface area is 164 Å². The lowest BCUT2D eigenvalue weighted by atomic mass is 10.1. The Morgan fingerprint density at radius 2 is 2.04 bits per heavy atom. The minimum atomic E-state index is -0.180. The van der Waals surface area contributed by atoms with Crippen LogP contribution in [0.1, 0.15) is 22.6 Å². The fourth-order valence-electron chi connectivity index (χ4n) is 2.11. The minimum Gasteiger partial charge on any atom is -0.392 e. The van der Waals surface area contributed by atoms with E-state index in [0.29, 0.717) is 16.6 Å². The van der Waals surface area contributed by atoms with Crippen LogP contribution in [0.3, 0.4) is 0 Å². The van der Waals surface area contributed by atoms with E-state index in [4.69, 9.17) is 10.5 Å². The third-order valence-electron chi connectivity index (χ3n) is 3.43. The lowest BCUT2D eigenvalue weighted by molar-refractivity contribution is -0.115. The second kappa shape index (κ2) is 11.3. The molecule has 1 aromatic heterocycles. The smallest absolute Gasteiger partial charge is 0.230 e. The molecule has 2 aromatic rings. The maximum absolute atomic E-state index is 12.2. The average molecular weight is 412 g/mol. The molecule has 10 heteroatoms. The summed E-state index contributed by atoms with van der Waals surface area (Å²) in [5.41, 5.74) is 1.55. The van der Waals surface area contributed by atoms with E-state index in [2.05, 4.69) is 15.5 Å². The van der Waals surface area contributed by atoms with Crippen molar-refractivity contribution in [3.8, 4) is 0 Å². The summed E-state index contributed by atoms with van der Waals surface area (Å²) >= 11 is 4.09. The van der Waals surface area contributed by atoms with Crippen LogP contribution in [0.25, 0.3) is 0 Å². The van der Waals surface area contributed by atoms with E-state index < -0.39 is 0 Å². The molecule has 0 saturated carbocycles. The molecule has 5 N–H and O–H groups in total. The third-order valence-corrected chi connectivity index (χ3v) is 5.80. The van der Waals surface area contributed by atoms with E-state index >= 15 is 0 Å². The predicted octanol–water partition coefficient (Wildman–Crippen LogP) is 2.46. The second-order valence-corrected chi connectivity index (χ2v) is 8.32. The zero-order valence-corrected chi connectivity index (χ0v) is 16.6. The quantitative estimate of drug-likeness (QED) is 0.205. The van der Waals surface area contributed by atoms with Gasteiger partial charge in [-0.1, -0.05) is 35.6 Å². The Bertz CT molecular complexity index is 738. The number of nitrogens with zero attached hydrogens (tertiary/aromatic N) is 2. The van der Waals surface area contributed by atoms with Gasteiger partial charge in [0.15, 0.2) is 0 Å². The highest BCUT2D eigenvalue weighted by Gasteiger charge is 2.11. The third kappa shape index (κ3) is 7.04. The van der Waals surface area contributed by atoms with Crippen molar-refractivity contribution in [2.24, 2.45) is 5.14 Å². The van der Waals surface area contributed by atoms with Crippen molar-refractivity contribution in [3.63, 3.8) is 0 Å². The van der Waals surface area contributed by atoms with Gasteiger partial charge < -0.3 is 10.4 Å². The van der Waals surface area contributed by atoms with Gasteiger partial charge in [0.05, 0.1) is 18.1 Å². The Hall–Kier alpha value is -1.46. The van der Waals surface area contributed by atoms with Crippen LogP contribution in [0.2, 0.25) is 0 Å². The molecule has 0 bridgehead atoms. The van der Waals surface area contributed by atoms with E-state index in [9.17, 15) is 9.90 Å². The van der Waals surface area contributed by atoms with Gasteiger partial charge in [0.1, 0.15) is 5.01 Å². The molecule has 0 spiro atoms. The van der Waals surface area contributed by atoms with Crippen LogP contribution in [0.15, 0.2) is 24.3 Å². The normalized spacial score (nSPS) is 10.7. The maximum atomic E-state index is 12.2. The summed E-state index contributed by atoms with van der Waals surface area (Å²) in [6.45, 7) is -0.0898. The lowest BCUT2D eigenvalue weighted by Gasteiger charge is -2.06. The van der Waals surface area contributed by atoms with Crippen molar-refractivity contribution >= 4 is 51.1 Å². The van der Waals surface area contributed by atoms with E-state index in [1.165, 1.54) is 11.3 Å². The molecule has 0 aliphatic heterocycles. The van der Waals surface area contributed by atoms with Crippen LogP contribution in [-0.2, 0) is 24.2 Å². The standard InChI is InChI=1S/C16H21N5O2S3/c17-13(26-18)5-7-24-8-6-15-20-21-16(25-15)19-14(23)9-11-3-1-2-4-12(11)10-22/h1-4,17,22H,5-10,18H2,(H,19,21,23). The number of anilines is 1. The molecule has 1 amide bonds. The number of hydrogen-bond donors (Lipinski definition) is 4. The summed E-state index contributed by atoms with van der Waals surface area (Å²) in [6, 6.07) is 7.31. The highest BCUT2D eigenvalue weighted by Crippen LogP contribution is 2.18. The molecule has 0 radical (unpaired) electrons. The monoisotopic (exact) mass is 411 g/mol. The zero-order valence-electron chi connectivity index (χ0n) is 14.1. The first-order valence-corrected chi connectivity index (χ1v) is 10.8. The fourth-order valence-corrected chi connectivity index (χ4v) is 4.24. The van der Waals surface area contributed by atoms with Crippen molar-refractivity contribution in [1.82, 2.24) is 10.2 Å². The SMILES string of the molecule is N=C(CCSCCc1nnc(NC(=O)Cc2ccccc2CO)s1)SN. The molecular weight excluding hydrogens is 390 g/mol. The van der Waals surface area contributed by atoms with Gasteiger partial charge in [0.25, 0.3) is 0 Å². The molecule has 0 fully saturated rings. The van der Waals surface area contributed by atoms with Gasteiger partial charge in [0.2, 0.25) is 11.0 Å². The second-order valence-electron chi connectivity index (χ2n) is 5.31. The molecule has 7 nitrogen and oxygen atoms in total. The molecule has 26 heavy (non-hydrogen) atoms. The molecule has 0 aliphatic rings. The number of amides is 1. The number of aliphatic hydroxyl groups is 1. The summed E-state index contributed by atoms with van der Waals surface area (Å²) in [7, 11) is 0. The number of rotatable bonds is 10. The molecule has 2 rings (SSSR count). The van der Waals surface area contributed by atoms with Crippen LogP contribution in [0.4, 0.5) is 5.13 Å². The summed E-state index contributed by atoms with van der Waals surface area (Å²) in [5.74, 6) is 1.56. The van der Waals surface area contributed by atoms with Gasteiger partial charge in [-0.3, -0.25) is 15.3 Å². The lowest BCUT2D eigenvalue weighted by Crippen LogP contribution is -2.15. The highest BCUT2D eigenvalue weighted by atomic mass is 32.2. The number of nitrogens with one attached hydrogen (secondary N) is 2. The van der Waals surface area contributed by atoms with Gasteiger partial charge in [-0.05, 0) is 34.6 Å². The number of carbonyl (C=O) groups excluding carboxylic acids is 1. The Kier molecular flexibility index (Phi) is 9.06. The van der Waals surface area contributed by atoms with Crippen molar-refractivity contribution < 1.29 is 9.90 Å². The van der Waals surface area contributed by atoms with Crippen LogP contribution in [0.5, 0.6) is 0 Å². The number of thioether (sulfide) groups is 1. The van der Waals surface area contributed by atoms with E-state index in [-0.39, 0.29) is 18.9 Å². The number of aliphatic hydroxyl groups excluding tert-OH is 1. The minimum absolute atomic E-state index is 0.0898. The molecule has 0 saturated heterocycles. The van der Waals surface area contributed by atoms with Crippen LogP contribution in [0, 0.1) is 5.41 Å². The highest BCUT2D eigenvalue weighted by molar-refractivity contribution is 8.12. The first-order chi connectivity index (χ1) is 12.6. The molecule has 1 aromatic carbocycles. The molecule has 140 valence electrons. The van der Waals surface area contributed by atoms with Gasteiger partial charge in [-0.2, -0.15) is 11.8 Å². The molecule has 0 aliphatic carbocycles. The summed E-state index contributed by atoms with van der Waals surface area (Å²) in [4.78, 5) is 12.2. The van der Waals surface area contributed by atoms with Crippen LogP contribution >= 0.6 is 35.0 Å².